The Morgan fingerprint density at radius 1 is 1.36 bits per heavy atom. The predicted octanol–water partition coefficient (Wildman–Crippen LogP) is 1.80. The van der Waals surface area contributed by atoms with Gasteiger partial charge in [-0.15, -0.1) is 0 Å². The Balaban J connectivity index is 2.35. The molecule has 14 heavy (non-hydrogen) atoms. The number of aromatic nitrogens is 2. The zero-order valence-corrected chi connectivity index (χ0v) is 7.66. The number of rotatable bonds is 1. The molecule has 0 radical (unpaired) electrons. The van der Waals surface area contributed by atoms with Crippen molar-refractivity contribution in [2.45, 2.75) is 18.8 Å². The Morgan fingerprint density at radius 3 is 3.00 bits per heavy atom. The van der Waals surface area contributed by atoms with Crippen LogP contribution >= 0.6 is 0 Å². The van der Waals surface area contributed by atoms with Crippen molar-refractivity contribution < 1.29 is 0 Å². The van der Waals surface area contributed by atoms with Gasteiger partial charge in [-0.3, -0.25) is 0 Å². The molecule has 0 aliphatic heterocycles. The van der Waals surface area contributed by atoms with Crippen LogP contribution in [0, 0.1) is 0 Å². The first-order chi connectivity index (χ1) is 6.84. The highest BCUT2D eigenvalue weighted by molar-refractivity contribution is 5.81. The summed E-state index contributed by atoms with van der Waals surface area (Å²) in [6.07, 6.45) is 4.21. The topological polar surface area (TPSA) is 45.8 Å². The van der Waals surface area contributed by atoms with Gasteiger partial charge in [0.15, 0.2) is 0 Å². The number of H-pyrrole nitrogens is 1. The first-order valence-corrected chi connectivity index (χ1v) is 4.82. The van der Waals surface area contributed by atoms with E-state index < -0.39 is 0 Å². The van der Waals surface area contributed by atoms with Crippen LogP contribution in [0.15, 0.2) is 29.2 Å². The van der Waals surface area contributed by atoms with Crippen molar-refractivity contribution in [2.24, 2.45) is 0 Å². The van der Waals surface area contributed by atoms with Gasteiger partial charge in [-0.25, -0.2) is 9.78 Å². The molecule has 1 aliphatic rings. The van der Waals surface area contributed by atoms with Crippen molar-refractivity contribution >= 4 is 10.9 Å². The summed E-state index contributed by atoms with van der Waals surface area (Å²) in [5.74, 6) is 0.686. The number of nitrogens with one attached hydrogen (secondary N) is 1. The third kappa shape index (κ3) is 1.13. The van der Waals surface area contributed by atoms with Gasteiger partial charge in [0.1, 0.15) is 0 Å². The van der Waals surface area contributed by atoms with E-state index >= 15 is 0 Å². The second kappa shape index (κ2) is 2.67. The zero-order chi connectivity index (χ0) is 9.54. The second-order valence-corrected chi connectivity index (χ2v) is 3.77. The monoisotopic (exact) mass is 186 g/mol. The van der Waals surface area contributed by atoms with Crippen molar-refractivity contribution in [3.63, 3.8) is 0 Å². The van der Waals surface area contributed by atoms with E-state index in [1.165, 1.54) is 18.4 Å². The molecule has 0 saturated heterocycles. The number of nitrogens with zero attached hydrogens (tertiary/aromatic N) is 1. The smallest absolute Gasteiger partial charge is 0.305 e. The molecule has 1 N–H and O–H groups in total. The molecule has 0 spiro atoms. The SMILES string of the molecule is O=c1ncc2c(C3CC3)cccc2[nH]1. The third-order valence-electron chi connectivity index (χ3n) is 2.71. The number of aromatic amines is 1. The van der Waals surface area contributed by atoms with Crippen LogP contribution in [0.4, 0.5) is 0 Å². The fourth-order valence-electron chi connectivity index (χ4n) is 1.86. The average Bonchev–Trinajstić information content (AvgIpc) is 2.99. The van der Waals surface area contributed by atoms with Crippen LogP contribution in [-0.4, -0.2) is 9.97 Å². The lowest BCUT2D eigenvalue weighted by Crippen LogP contribution is -2.08. The zero-order valence-electron chi connectivity index (χ0n) is 7.66. The Hall–Kier alpha value is -1.64. The molecule has 0 bridgehead atoms. The molecule has 3 nitrogen and oxygen atoms in total. The maximum Gasteiger partial charge on any atom is 0.345 e. The van der Waals surface area contributed by atoms with E-state index in [1.807, 2.05) is 12.1 Å². The second-order valence-electron chi connectivity index (χ2n) is 3.77. The molecule has 1 aliphatic carbocycles. The lowest BCUT2D eigenvalue weighted by Gasteiger charge is -2.02. The van der Waals surface area contributed by atoms with Crippen molar-refractivity contribution in [1.29, 1.82) is 0 Å². The van der Waals surface area contributed by atoms with E-state index in [1.54, 1.807) is 6.20 Å². The van der Waals surface area contributed by atoms with Gasteiger partial charge in [-0.2, -0.15) is 0 Å². The van der Waals surface area contributed by atoms with Gasteiger partial charge in [0.05, 0.1) is 5.52 Å². The van der Waals surface area contributed by atoms with E-state index in [-0.39, 0.29) is 5.69 Å². The normalized spacial score (nSPS) is 16.0. The average molecular weight is 186 g/mol. The van der Waals surface area contributed by atoms with Crippen molar-refractivity contribution in [3.8, 4) is 0 Å². The summed E-state index contributed by atoms with van der Waals surface area (Å²) in [4.78, 5) is 17.5. The van der Waals surface area contributed by atoms with Crippen LogP contribution in [0.5, 0.6) is 0 Å². The minimum atomic E-state index is -0.273. The fraction of sp³-hybridized carbons (Fsp3) is 0.273. The minimum absolute atomic E-state index is 0.273. The Morgan fingerprint density at radius 2 is 2.21 bits per heavy atom. The number of fused-ring (bicyclic) bond motifs is 1. The number of hydrogen-bond acceptors (Lipinski definition) is 2. The summed E-state index contributed by atoms with van der Waals surface area (Å²) < 4.78 is 0. The summed E-state index contributed by atoms with van der Waals surface area (Å²) >= 11 is 0. The van der Waals surface area contributed by atoms with Crippen molar-refractivity contribution in [3.05, 3.63) is 40.4 Å². The third-order valence-corrected chi connectivity index (χ3v) is 2.71. The van der Waals surface area contributed by atoms with Crippen LogP contribution in [0.25, 0.3) is 10.9 Å². The maximum absolute atomic E-state index is 11.0. The predicted molar refractivity (Wildman–Crippen MR) is 54.3 cm³/mol. The molecular weight excluding hydrogens is 176 g/mol. The molecule has 1 heterocycles. The number of hydrogen-bond donors (Lipinski definition) is 1. The highest BCUT2D eigenvalue weighted by Gasteiger charge is 2.25. The van der Waals surface area contributed by atoms with E-state index in [9.17, 15) is 4.79 Å². The summed E-state index contributed by atoms with van der Waals surface area (Å²) in [5, 5.41) is 1.09. The Bertz CT molecular complexity index is 540. The van der Waals surface area contributed by atoms with Crippen LogP contribution in [-0.2, 0) is 0 Å². The molecule has 1 aromatic carbocycles. The summed E-state index contributed by atoms with van der Waals surface area (Å²) in [6.45, 7) is 0. The van der Waals surface area contributed by atoms with Gasteiger partial charge in [0.2, 0.25) is 0 Å². The Kier molecular flexibility index (Phi) is 1.48. The quantitative estimate of drug-likeness (QED) is 0.738. The standard InChI is InChI=1S/C11H10N2O/c14-11-12-6-9-8(7-4-5-7)2-1-3-10(9)13-11/h1-3,6-7H,4-5H2,(H,12,13,14). The first kappa shape index (κ1) is 7.74. The molecule has 3 heteroatoms. The van der Waals surface area contributed by atoms with Gasteiger partial charge in [-0.1, -0.05) is 12.1 Å². The van der Waals surface area contributed by atoms with E-state index in [2.05, 4.69) is 16.0 Å². The molecule has 1 aromatic heterocycles. The van der Waals surface area contributed by atoms with Crippen LogP contribution in [0.2, 0.25) is 0 Å². The first-order valence-electron chi connectivity index (χ1n) is 4.82. The highest BCUT2D eigenvalue weighted by atomic mass is 16.1. The summed E-state index contributed by atoms with van der Waals surface area (Å²) in [5.41, 5.74) is 1.95. The van der Waals surface area contributed by atoms with Gasteiger partial charge in [-0.05, 0) is 30.4 Å². The molecule has 70 valence electrons. The van der Waals surface area contributed by atoms with Crippen LogP contribution < -0.4 is 5.69 Å². The van der Waals surface area contributed by atoms with Crippen molar-refractivity contribution in [1.82, 2.24) is 9.97 Å². The largest absolute Gasteiger partial charge is 0.345 e. The van der Waals surface area contributed by atoms with Gasteiger partial charge >= 0.3 is 5.69 Å². The lowest BCUT2D eigenvalue weighted by molar-refractivity contribution is 1.09. The van der Waals surface area contributed by atoms with Crippen molar-refractivity contribution in [2.75, 3.05) is 0 Å². The molecule has 0 atom stereocenters. The van der Waals surface area contributed by atoms with E-state index in [0.717, 1.165) is 10.9 Å². The molecule has 2 aromatic rings. The van der Waals surface area contributed by atoms with Gasteiger partial charge in [0, 0.05) is 11.6 Å². The Labute approximate surface area is 80.8 Å². The van der Waals surface area contributed by atoms with Crippen LogP contribution in [0.3, 0.4) is 0 Å². The van der Waals surface area contributed by atoms with Crippen LogP contribution in [0.1, 0.15) is 24.3 Å². The molecular formula is C11H10N2O. The summed E-state index contributed by atoms with van der Waals surface area (Å²) in [7, 11) is 0. The van der Waals surface area contributed by atoms with E-state index in [0.29, 0.717) is 5.92 Å². The number of benzene rings is 1. The molecule has 3 rings (SSSR count). The minimum Gasteiger partial charge on any atom is -0.305 e. The maximum atomic E-state index is 11.0. The fourth-order valence-corrected chi connectivity index (χ4v) is 1.86. The van der Waals surface area contributed by atoms with Gasteiger partial charge in [0.25, 0.3) is 0 Å². The molecule has 1 fully saturated rings. The summed E-state index contributed by atoms with van der Waals surface area (Å²) in [6, 6.07) is 6.04. The molecule has 0 unspecified atom stereocenters. The molecule has 1 saturated carbocycles. The highest BCUT2D eigenvalue weighted by Crippen LogP contribution is 2.42. The molecule has 0 amide bonds. The van der Waals surface area contributed by atoms with Gasteiger partial charge < -0.3 is 4.98 Å². The lowest BCUT2D eigenvalue weighted by atomic mass is 10.1. The van der Waals surface area contributed by atoms with E-state index in [4.69, 9.17) is 0 Å².